The molecular weight excluding hydrogens is 296 g/mol. The molecule has 1 amide bonds. The van der Waals surface area contributed by atoms with Crippen molar-refractivity contribution in [2.75, 3.05) is 5.32 Å². The van der Waals surface area contributed by atoms with Crippen LogP contribution in [0.3, 0.4) is 0 Å². The van der Waals surface area contributed by atoms with Gasteiger partial charge in [-0.25, -0.2) is 4.98 Å². The van der Waals surface area contributed by atoms with Crippen molar-refractivity contribution < 1.29 is 4.79 Å². The van der Waals surface area contributed by atoms with Gasteiger partial charge in [0.1, 0.15) is 15.9 Å². The van der Waals surface area contributed by atoms with E-state index in [0.717, 1.165) is 32.7 Å². The molecule has 0 fully saturated rings. The van der Waals surface area contributed by atoms with E-state index in [2.05, 4.69) is 27.5 Å². The van der Waals surface area contributed by atoms with Crippen LogP contribution >= 0.6 is 11.3 Å². The predicted molar refractivity (Wildman–Crippen MR) is 87.2 cm³/mol. The van der Waals surface area contributed by atoms with Crippen molar-refractivity contribution in [1.29, 1.82) is 0 Å². The highest BCUT2D eigenvalue weighted by Crippen LogP contribution is 2.40. The highest BCUT2D eigenvalue weighted by molar-refractivity contribution is 7.21. The highest BCUT2D eigenvalue weighted by Gasteiger charge is 2.29. The van der Waals surface area contributed by atoms with Crippen LogP contribution in [-0.4, -0.2) is 15.9 Å². The summed E-state index contributed by atoms with van der Waals surface area (Å²) in [7, 11) is 0. The Bertz CT molecular complexity index is 888. The smallest absolute Gasteiger partial charge is 0.265 e. The fourth-order valence-corrected chi connectivity index (χ4v) is 3.99. The van der Waals surface area contributed by atoms with Crippen LogP contribution in [0.4, 0.5) is 5.69 Å². The predicted octanol–water partition coefficient (Wildman–Crippen LogP) is 3.16. The number of aromatic nitrogens is 2. The third-order valence-electron chi connectivity index (χ3n) is 3.78. The van der Waals surface area contributed by atoms with Crippen molar-refractivity contribution in [3.8, 4) is 0 Å². The number of pyridine rings is 2. The van der Waals surface area contributed by atoms with Crippen LogP contribution in [0.15, 0.2) is 30.6 Å². The molecule has 2 N–H and O–H groups in total. The minimum absolute atomic E-state index is 0.0670. The third kappa shape index (κ3) is 1.95. The van der Waals surface area contributed by atoms with Crippen molar-refractivity contribution in [3.05, 3.63) is 52.3 Å². The zero-order chi connectivity index (χ0) is 15.3. The van der Waals surface area contributed by atoms with Gasteiger partial charge in [0.25, 0.3) is 5.91 Å². The minimum atomic E-state index is -0.271. The van der Waals surface area contributed by atoms with Gasteiger partial charge in [-0.15, -0.1) is 11.3 Å². The number of nitrogens with one attached hydrogen (secondary N) is 2. The number of carbonyl (C=O) groups is 1. The van der Waals surface area contributed by atoms with Gasteiger partial charge in [0.15, 0.2) is 0 Å². The molecule has 4 rings (SSSR count). The zero-order valence-electron chi connectivity index (χ0n) is 12.2. The Kier molecular flexibility index (Phi) is 2.87. The lowest BCUT2D eigenvalue weighted by atomic mass is 10.1. The standard InChI is InChI=1S/C16H14N4OS/c1-8-6-9(2)18-16-11(8)12-13(22-16)15(21)20-14(19-12)10-4-3-5-17-7-10/h3-7,14,19H,1-2H3,(H,20,21)/t14-/m0/s1. The second-order valence-electron chi connectivity index (χ2n) is 5.40. The summed E-state index contributed by atoms with van der Waals surface area (Å²) in [5.74, 6) is -0.0670. The van der Waals surface area contributed by atoms with Crippen LogP contribution < -0.4 is 10.6 Å². The number of thiophene rings is 1. The molecule has 0 unspecified atom stereocenters. The number of amides is 1. The molecule has 22 heavy (non-hydrogen) atoms. The first-order valence-electron chi connectivity index (χ1n) is 7.01. The number of fused-ring (bicyclic) bond motifs is 3. The van der Waals surface area contributed by atoms with Gasteiger partial charge >= 0.3 is 0 Å². The van der Waals surface area contributed by atoms with Crippen molar-refractivity contribution in [1.82, 2.24) is 15.3 Å². The first-order chi connectivity index (χ1) is 10.6. The van der Waals surface area contributed by atoms with Crippen molar-refractivity contribution in [3.63, 3.8) is 0 Å². The highest BCUT2D eigenvalue weighted by atomic mass is 32.1. The lowest BCUT2D eigenvalue weighted by Crippen LogP contribution is -2.37. The van der Waals surface area contributed by atoms with Gasteiger partial charge in [-0.1, -0.05) is 6.07 Å². The molecule has 0 radical (unpaired) electrons. The third-order valence-corrected chi connectivity index (χ3v) is 4.86. The molecule has 3 aromatic heterocycles. The van der Waals surface area contributed by atoms with Gasteiger partial charge < -0.3 is 10.6 Å². The van der Waals surface area contributed by atoms with Crippen LogP contribution in [0.2, 0.25) is 0 Å². The molecule has 110 valence electrons. The Balaban J connectivity index is 1.88. The number of anilines is 1. The van der Waals surface area contributed by atoms with Crippen LogP contribution in [0.25, 0.3) is 10.2 Å². The van der Waals surface area contributed by atoms with E-state index < -0.39 is 0 Å². The number of hydrogen-bond acceptors (Lipinski definition) is 5. The van der Waals surface area contributed by atoms with Gasteiger partial charge in [0.05, 0.1) is 5.69 Å². The van der Waals surface area contributed by atoms with Crippen molar-refractivity contribution in [2.24, 2.45) is 0 Å². The molecule has 4 heterocycles. The Morgan fingerprint density at radius 2 is 2.14 bits per heavy atom. The van der Waals surface area contributed by atoms with E-state index in [4.69, 9.17) is 0 Å². The Hall–Kier alpha value is -2.47. The zero-order valence-corrected chi connectivity index (χ0v) is 13.0. The molecule has 0 spiro atoms. The molecule has 0 aromatic carbocycles. The van der Waals surface area contributed by atoms with E-state index in [1.54, 1.807) is 12.4 Å². The number of nitrogens with zero attached hydrogens (tertiary/aromatic N) is 2. The fraction of sp³-hybridized carbons (Fsp3) is 0.188. The molecule has 0 saturated carbocycles. The SMILES string of the molecule is Cc1cc(C)c2c3c(sc2n1)C(=O)N[C@@H](c1cccnc1)N3. The Morgan fingerprint density at radius 1 is 1.27 bits per heavy atom. The lowest BCUT2D eigenvalue weighted by molar-refractivity contribution is 0.0940. The van der Waals surface area contributed by atoms with E-state index in [0.29, 0.717) is 4.88 Å². The minimum Gasteiger partial charge on any atom is -0.360 e. The Labute approximate surface area is 131 Å². The maximum atomic E-state index is 12.4. The number of hydrogen-bond donors (Lipinski definition) is 2. The maximum absolute atomic E-state index is 12.4. The fourth-order valence-electron chi connectivity index (χ4n) is 2.83. The summed E-state index contributed by atoms with van der Waals surface area (Å²) < 4.78 is 0. The summed E-state index contributed by atoms with van der Waals surface area (Å²) in [6, 6.07) is 5.85. The van der Waals surface area contributed by atoms with Crippen LogP contribution in [-0.2, 0) is 0 Å². The van der Waals surface area contributed by atoms with E-state index in [1.165, 1.54) is 11.3 Å². The molecule has 1 aliphatic heterocycles. The molecular formula is C16H14N4OS. The van der Waals surface area contributed by atoms with Crippen molar-refractivity contribution >= 4 is 33.1 Å². The van der Waals surface area contributed by atoms with Crippen molar-refractivity contribution in [2.45, 2.75) is 20.0 Å². The Morgan fingerprint density at radius 3 is 2.91 bits per heavy atom. The largest absolute Gasteiger partial charge is 0.360 e. The first-order valence-corrected chi connectivity index (χ1v) is 7.83. The van der Waals surface area contributed by atoms with Gasteiger partial charge in [-0.3, -0.25) is 9.78 Å². The van der Waals surface area contributed by atoms with Crippen LogP contribution in [0, 0.1) is 13.8 Å². The van der Waals surface area contributed by atoms with Crippen LogP contribution in [0.5, 0.6) is 0 Å². The summed E-state index contributed by atoms with van der Waals surface area (Å²) in [5.41, 5.74) is 3.90. The molecule has 1 aliphatic rings. The van der Waals surface area contributed by atoms with E-state index in [1.807, 2.05) is 25.1 Å². The topological polar surface area (TPSA) is 66.9 Å². The summed E-state index contributed by atoms with van der Waals surface area (Å²) in [6.07, 6.45) is 3.20. The summed E-state index contributed by atoms with van der Waals surface area (Å²) >= 11 is 1.43. The second kappa shape index (κ2) is 4.78. The van der Waals surface area contributed by atoms with Gasteiger partial charge in [-0.2, -0.15) is 0 Å². The van der Waals surface area contributed by atoms with E-state index in [9.17, 15) is 4.79 Å². The van der Waals surface area contributed by atoms with Gasteiger partial charge in [-0.05, 0) is 31.5 Å². The summed E-state index contributed by atoms with van der Waals surface area (Å²) in [4.78, 5) is 22.7. The quantitative estimate of drug-likeness (QED) is 0.724. The molecule has 1 atom stereocenters. The average molecular weight is 310 g/mol. The average Bonchev–Trinajstić information content (AvgIpc) is 2.87. The van der Waals surface area contributed by atoms with Gasteiger partial charge in [0.2, 0.25) is 0 Å². The molecule has 0 bridgehead atoms. The molecule has 0 aliphatic carbocycles. The molecule has 0 saturated heterocycles. The summed E-state index contributed by atoms with van der Waals surface area (Å²) in [6.45, 7) is 4.02. The van der Waals surface area contributed by atoms with E-state index in [-0.39, 0.29) is 12.1 Å². The molecule has 5 nitrogen and oxygen atoms in total. The summed E-state index contributed by atoms with van der Waals surface area (Å²) in [5, 5.41) is 7.44. The maximum Gasteiger partial charge on any atom is 0.265 e. The number of aryl methyl sites for hydroxylation is 2. The van der Waals surface area contributed by atoms with Gasteiger partial charge in [0, 0.05) is 29.0 Å². The molecule has 3 aromatic rings. The number of rotatable bonds is 1. The number of carbonyl (C=O) groups excluding carboxylic acids is 1. The monoisotopic (exact) mass is 310 g/mol. The van der Waals surface area contributed by atoms with Crippen LogP contribution in [0.1, 0.15) is 32.7 Å². The normalized spacial score (nSPS) is 17.0. The molecule has 6 heteroatoms. The second-order valence-corrected chi connectivity index (χ2v) is 6.40. The first kappa shape index (κ1) is 13.2. The van der Waals surface area contributed by atoms with E-state index >= 15 is 0 Å². The lowest BCUT2D eigenvalue weighted by Gasteiger charge is -2.26.